The maximum Gasteiger partial charge on any atom is 0.0543 e. The summed E-state index contributed by atoms with van der Waals surface area (Å²) in [6, 6.07) is 35.6. The van der Waals surface area contributed by atoms with Crippen molar-refractivity contribution in [2.75, 3.05) is 5.32 Å². The number of hydrogen-bond donors (Lipinski definition) is 2. The molecule has 2 heteroatoms. The topological polar surface area (TPSA) is 38.0 Å². The summed E-state index contributed by atoms with van der Waals surface area (Å²) in [5.41, 5.74) is 13.8. The molecule has 4 aromatic rings. The summed E-state index contributed by atoms with van der Waals surface area (Å²) in [4.78, 5) is 0. The van der Waals surface area contributed by atoms with Gasteiger partial charge in [0.2, 0.25) is 0 Å². The number of nitrogens with one attached hydrogen (secondary N) is 1. The first kappa shape index (κ1) is 17.1. The van der Waals surface area contributed by atoms with Gasteiger partial charge in [-0.05, 0) is 34.9 Å². The molecule has 0 atom stereocenters. The van der Waals surface area contributed by atoms with E-state index in [1.807, 2.05) is 24.3 Å². The summed E-state index contributed by atoms with van der Waals surface area (Å²) in [5.74, 6) is 0. The van der Waals surface area contributed by atoms with E-state index < -0.39 is 0 Å². The van der Waals surface area contributed by atoms with Gasteiger partial charge in [-0.15, -0.1) is 0 Å². The van der Waals surface area contributed by atoms with Gasteiger partial charge in [0.1, 0.15) is 0 Å². The van der Waals surface area contributed by atoms with Crippen molar-refractivity contribution in [3.8, 4) is 22.3 Å². The number of nitrogens with two attached hydrogens (primary N) is 1. The Kier molecular flexibility index (Phi) is 4.99. The Hall–Kier alpha value is -3.36. The van der Waals surface area contributed by atoms with Crippen molar-refractivity contribution in [2.24, 2.45) is 5.73 Å². The Morgan fingerprint density at radius 2 is 1.19 bits per heavy atom. The van der Waals surface area contributed by atoms with Crippen LogP contribution in [-0.2, 0) is 6.54 Å². The molecule has 0 heterocycles. The van der Waals surface area contributed by atoms with Crippen molar-refractivity contribution >= 4 is 11.4 Å². The van der Waals surface area contributed by atoms with E-state index in [9.17, 15) is 0 Å². The first-order valence-electron chi connectivity index (χ1n) is 9.15. The van der Waals surface area contributed by atoms with Crippen molar-refractivity contribution < 1.29 is 0 Å². The molecule has 27 heavy (non-hydrogen) atoms. The molecule has 4 aromatic carbocycles. The zero-order valence-electron chi connectivity index (χ0n) is 15.1. The molecular weight excluding hydrogens is 328 g/mol. The molecule has 132 valence electrons. The standard InChI is InChI=1S/C25H22N2/c26-18-19-9-7-12-21(17-19)24-16-8-15-23(20-10-3-1-4-11-20)25(24)27-22-13-5-2-6-14-22/h1-17,27H,18,26H2. The van der Waals surface area contributed by atoms with Gasteiger partial charge in [0.25, 0.3) is 0 Å². The average Bonchev–Trinajstić information content (AvgIpc) is 2.75. The van der Waals surface area contributed by atoms with E-state index in [0.717, 1.165) is 28.1 Å². The fourth-order valence-electron chi connectivity index (χ4n) is 3.32. The highest BCUT2D eigenvalue weighted by atomic mass is 14.9. The molecule has 0 amide bonds. The van der Waals surface area contributed by atoms with Gasteiger partial charge in [0.15, 0.2) is 0 Å². The summed E-state index contributed by atoms with van der Waals surface area (Å²) >= 11 is 0. The lowest BCUT2D eigenvalue weighted by molar-refractivity contribution is 1.07. The molecule has 2 nitrogen and oxygen atoms in total. The highest BCUT2D eigenvalue weighted by molar-refractivity contribution is 5.92. The van der Waals surface area contributed by atoms with Crippen LogP contribution in [0.5, 0.6) is 0 Å². The van der Waals surface area contributed by atoms with Gasteiger partial charge in [-0.25, -0.2) is 0 Å². The van der Waals surface area contributed by atoms with Crippen LogP contribution in [0.4, 0.5) is 11.4 Å². The number of anilines is 2. The van der Waals surface area contributed by atoms with E-state index in [0.29, 0.717) is 6.54 Å². The van der Waals surface area contributed by atoms with Gasteiger partial charge < -0.3 is 11.1 Å². The number of para-hydroxylation sites is 2. The van der Waals surface area contributed by atoms with Gasteiger partial charge in [0, 0.05) is 23.4 Å². The summed E-state index contributed by atoms with van der Waals surface area (Å²) < 4.78 is 0. The maximum absolute atomic E-state index is 5.86. The number of benzene rings is 4. The first-order valence-corrected chi connectivity index (χ1v) is 9.15. The molecule has 3 N–H and O–H groups in total. The predicted molar refractivity (Wildman–Crippen MR) is 115 cm³/mol. The third kappa shape index (κ3) is 3.76. The molecule has 0 fully saturated rings. The van der Waals surface area contributed by atoms with E-state index in [4.69, 9.17) is 5.73 Å². The van der Waals surface area contributed by atoms with Crippen LogP contribution < -0.4 is 11.1 Å². The minimum Gasteiger partial charge on any atom is -0.355 e. The minimum atomic E-state index is 0.535. The third-order valence-electron chi connectivity index (χ3n) is 4.67. The first-order chi connectivity index (χ1) is 13.3. The summed E-state index contributed by atoms with van der Waals surface area (Å²) in [6.45, 7) is 0.535. The van der Waals surface area contributed by atoms with Crippen LogP contribution in [0.25, 0.3) is 22.3 Å². The van der Waals surface area contributed by atoms with Crippen LogP contribution in [-0.4, -0.2) is 0 Å². The molecule has 0 aliphatic heterocycles. The molecule has 0 aliphatic rings. The van der Waals surface area contributed by atoms with Crippen LogP contribution in [0.2, 0.25) is 0 Å². The van der Waals surface area contributed by atoms with Crippen molar-refractivity contribution in [2.45, 2.75) is 6.54 Å². The van der Waals surface area contributed by atoms with Crippen LogP contribution in [0.3, 0.4) is 0 Å². The highest BCUT2D eigenvalue weighted by Crippen LogP contribution is 2.38. The smallest absolute Gasteiger partial charge is 0.0543 e. The SMILES string of the molecule is NCc1cccc(-c2cccc(-c3ccccc3)c2Nc2ccccc2)c1. The van der Waals surface area contributed by atoms with Crippen LogP contribution in [0.1, 0.15) is 5.56 Å². The van der Waals surface area contributed by atoms with E-state index >= 15 is 0 Å². The van der Waals surface area contributed by atoms with Crippen molar-refractivity contribution in [1.29, 1.82) is 0 Å². The van der Waals surface area contributed by atoms with Crippen LogP contribution in [0.15, 0.2) is 103 Å². The molecule has 0 radical (unpaired) electrons. The number of rotatable bonds is 5. The second-order valence-electron chi connectivity index (χ2n) is 6.49. The summed E-state index contributed by atoms with van der Waals surface area (Å²) in [5, 5.41) is 3.64. The molecule has 0 saturated heterocycles. The van der Waals surface area contributed by atoms with E-state index in [-0.39, 0.29) is 0 Å². The van der Waals surface area contributed by atoms with E-state index in [1.54, 1.807) is 0 Å². The van der Waals surface area contributed by atoms with Crippen LogP contribution >= 0.6 is 0 Å². The largest absolute Gasteiger partial charge is 0.355 e. The normalized spacial score (nSPS) is 10.6. The monoisotopic (exact) mass is 350 g/mol. The molecule has 0 saturated carbocycles. The van der Waals surface area contributed by atoms with E-state index in [2.05, 4.69) is 84.2 Å². The lowest BCUT2D eigenvalue weighted by Gasteiger charge is -2.18. The summed E-state index contributed by atoms with van der Waals surface area (Å²) in [6.07, 6.45) is 0. The molecular formula is C25H22N2. The quantitative estimate of drug-likeness (QED) is 0.448. The average molecular weight is 350 g/mol. The van der Waals surface area contributed by atoms with Crippen molar-refractivity contribution in [1.82, 2.24) is 0 Å². The predicted octanol–water partition coefficient (Wildman–Crippen LogP) is 6.22. The van der Waals surface area contributed by atoms with E-state index in [1.165, 1.54) is 11.1 Å². The van der Waals surface area contributed by atoms with Gasteiger partial charge in [-0.2, -0.15) is 0 Å². The lowest BCUT2D eigenvalue weighted by Crippen LogP contribution is -1.98. The zero-order valence-corrected chi connectivity index (χ0v) is 15.1. The Labute approximate surface area is 160 Å². The fourth-order valence-corrected chi connectivity index (χ4v) is 3.32. The van der Waals surface area contributed by atoms with Crippen molar-refractivity contribution in [3.63, 3.8) is 0 Å². The van der Waals surface area contributed by atoms with Gasteiger partial charge in [-0.1, -0.05) is 84.9 Å². The second-order valence-corrected chi connectivity index (χ2v) is 6.49. The summed E-state index contributed by atoms with van der Waals surface area (Å²) in [7, 11) is 0. The Morgan fingerprint density at radius 3 is 1.89 bits per heavy atom. The highest BCUT2D eigenvalue weighted by Gasteiger charge is 2.12. The molecule has 0 aromatic heterocycles. The Morgan fingerprint density at radius 1 is 0.593 bits per heavy atom. The minimum absolute atomic E-state index is 0.535. The fraction of sp³-hybridized carbons (Fsp3) is 0.0400. The molecule has 0 aliphatic carbocycles. The zero-order chi connectivity index (χ0) is 18.5. The van der Waals surface area contributed by atoms with Gasteiger partial charge >= 0.3 is 0 Å². The maximum atomic E-state index is 5.86. The van der Waals surface area contributed by atoms with Crippen LogP contribution in [0, 0.1) is 0 Å². The van der Waals surface area contributed by atoms with Gasteiger partial charge in [-0.3, -0.25) is 0 Å². The third-order valence-corrected chi connectivity index (χ3v) is 4.67. The lowest BCUT2D eigenvalue weighted by atomic mass is 9.95. The molecule has 0 spiro atoms. The Bertz CT molecular complexity index is 1020. The molecule has 0 bridgehead atoms. The van der Waals surface area contributed by atoms with Crippen molar-refractivity contribution in [3.05, 3.63) is 109 Å². The number of hydrogen-bond acceptors (Lipinski definition) is 2. The molecule has 0 unspecified atom stereocenters. The Balaban J connectivity index is 1.90. The molecule has 4 rings (SSSR count). The second kappa shape index (κ2) is 7.90. The van der Waals surface area contributed by atoms with Gasteiger partial charge in [0.05, 0.1) is 5.69 Å².